The molecule has 2 aromatic carbocycles. The third-order valence-electron chi connectivity index (χ3n) is 6.76. The first-order chi connectivity index (χ1) is 15.0. The summed E-state index contributed by atoms with van der Waals surface area (Å²) in [5.74, 6) is 0. The molecule has 2 saturated heterocycles. The van der Waals surface area contributed by atoms with E-state index in [1.54, 1.807) is 6.07 Å². The lowest BCUT2D eigenvalue weighted by Gasteiger charge is -2.42. The maximum Gasteiger partial charge on any atom is 0.328 e. The maximum absolute atomic E-state index is 12.9. The van der Waals surface area contributed by atoms with Crippen molar-refractivity contribution < 1.29 is 0 Å². The Morgan fingerprint density at radius 1 is 1.00 bits per heavy atom. The molecular weight excluding hydrogens is 412 g/mol. The van der Waals surface area contributed by atoms with Crippen molar-refractivity contribution in [2.75, 3.05) is 24.5 Å². The number of benzene rings is 2. The lowest BCUT2D eigenvalue weighted by Crippen LogP contribution is -2.54. The molecule has 2 aliphatic heterocycles. The van der Waals surface area contributed by atoms with Crippen LogP contribution in [0.25, 0.3) is 10.9 Å². The molecule has 2 unspecified atom stereocenters. The van der Waals surface area contributed by atoms with Crippen LogP contribution in [0.1, 0.15) is 24.8 Å². The molecule has 0 saturated carbocycles. The molecule has 162 valence electrons. The van der Waals surface area contributed by atoms with Gasteiger partial charge < -0.3 is 9.88 Å². The molecule has 2 bridgehead atoms. The third-order valence-corrected chi connectivity index (χ3v) is 7.01. The third kappa shape index (κ3) is 3.90. The van der Waals surface area contributed by atoms with Crippen LogP contribution < -0.4 is 16.1 Å². The second-order valence-corrected chi connectivity index (χ2v) is 9.23. The highest BCUT2D eigenvalue weighted by Gasteiger charge is 2.39. The Balaban J connectivity index is 1.26. The first kappa shape index (κ1) is 20.3. The van der Waals surface area contributed by atoms with Gasteiger partial charge in [0.25, 0.3) is 5.56 Å². The number of aromatic amines is 1. The summed E-state index contributed by atoms with van der Waals surface area (Å²) >= 11 is 6.04. The first-order valence-corrected chi connectivity index (χ1v) is 11.4. The van der Waals surface area contributed by atoms with Crippen molar-refractivity contribution in [1.82, 2.24) is 14.5 Å². The zero-order valence-electron chi connectivity index (χ0n) is 17.7. The molecule has 0 amide bonds. The SMILES string of the molecule is Cc1ccc2[nH]c(=O)n(CCCN3C4CCC3CN(c3ccc(Cl)cc3)C4)c(=O)c2c1. The predicted octanol–water partition coefficient (Wildman–Crippen LogP) is 3.39. The summed E-state index contributed by atoms with van der Waals surface area (Å²) in [6, 6.07) is 14.7. The Kier molecular flexibility index (Phi) is 5.36. The van der Waals surface area contributed by atoms with E-state index in [9.17, 15) is 9.59 Å². The number of halogens is 1. The highest BCUT2D eigenvalue weighted by Crippen LogP contribution is 2.33. The van der Waals surface area contributed by atoms with Gasteiger partial charge in [0.15, 0.2) is 0 Å². The Hall–Kier alpha value is -2.57. The average molecular weight is 439 g/mol. The van der Waals surface area contributed by atoms with Crippen LogP contribution in [0.3, 0.4) is 0 Å². The van der Waals surface area contributed by atoms with Gasteiger partial charge in [-0.25, -0.2) is 4.79 Å². The van der Waals surface area contributed by atoms with Gasteiger partial charge in [-0.1, -0.05) is 23.2 Å². The van der Waals surface area contributed by atoms with Crippen molar-refractivity contribution in [2.45, 2.75) is 44.8 Å². The number of nitrogens with one attached hydrogen (secondary N) is 1. The molecule has 2 fully saturated rings. The molecule has 1 aromatic heterocycles. The Morgan fingerprint density at radius 3 is 2.42 bits per heavy atom. The molecular formula is C24H27ClN4O2. The highest BCUT2D eigenvalue weighted by atomic mass is 35.5. The van der Waals surface area contributed by atoms with Gasteiger partial charge in [0.2, 0.25) is 0 Å². The molecule has 1 N–H and O–H groups in total. The minimum atomic E-state index is -0.322. The summed E-state index contributed by atoms with van der Waals surface area (Å²) < 4.78 is 1.35. The lowest BCUT2D eigenvalue weighted by molar-refractivity contribution is 0.164. The fourth-order valence-corrected chi connectivity index (χ4v) is 5.32. The number of anilines is 1. The molecule has 0 radical (unpaired) electrons. The fraction of sp³-hybridized carbons (Fsp3) is 0.417. The van der Waals surface area contributed by atoms with Crippen LogP contribution in [-0.4, -0.2) is 46.2 Å². The first-order valence-electron chi connectivity index (χ1n) is 11.0. The number of hydrogen-bond donors (Lipinski definition) is 1. The van der Waals surface area contributed by atoms with Crippen LogP contribution in [0.2, 0.25) is 5.02 Å². The number of H-pyrrole nitrogens is 1. The van der Waals surface area contributed by atoms with Crippen LogP contribution in [0.5, 0.6) is 0 Å². The molecule has 5 rings (SSSR count). The minimum Gasteiger partial charge on any atom is -0.368 e. The summed E-state index contributed by atoms with van der Waals surface area (Å²) in [5.41, 5.74) is 2.33. The Morgan fingerprint density at radius 2 is 1.71 bits per heavy atom. The summed E-state index contributed by atoms with van der Waals surface area (Å²) in [4.78, 5) is 33.2. The van der Waals surface area contributed by atoms with E-state index >= 15 is 0 Å². The number of aromatic nitrogens is 2. The van der Waals surface area contributed by atoms with E-state index in [2.05, 4.69) is 26.9 Å². The van der Waals surface area contributed by atoms with Crippen molar-refractivity contribution in [3.8, 4) is 0 Å². The van der Waals surface area contributed by atoms with Crippen molar-refractivity contribution in [3.05, 3.63) is 73.9 Å². The zero-order valence-corrected chi connectivity index (χ0v) is 18.4. The standard InChI is InChI=1S/C24H27ClN4O2/c1-16-3-10-22-21(13-16)23(30)29(24(31)26-22)12-2-11-28-19-8-9-20(28)15-27(14-19)18-6-4-17(25)5-7-18/h3-7,10,13,19-20H,2,8-9,11-12,14-15H2,1H3,(H,26,31). The number of nitrogens with zero attached hydrogens (tertiary/aromatic N) is 3. The number of fused-ring (bicyclic) bond motifs is 3. The van der Waals surface area contributed by atoms with Crippen LogP contribution in [-0.2, 0) is 6.54 Å². The largest absolute Gasteiger partial charge is 0.368 e. The second-order valence-electron chi connectivity index (χ2n) is 8.79. The fourth-order valence-electron chi connectivity index (χ4n) is 5.20. The van der Waals surface area contributed by atoms with E-state index in [1.165, 1.54) is 23.1 Å². The summed E-state index contributed by atoms with van der Waals surface area (Å²) in [7, 11) is 0. The smallest absolute Gasteiger partial charge is 0.328 e. The van der Waals surface area contributed by atoms with Gasteiger partial charge in [-0.05, 0) is 62.6 Å². The Bertz CT molecular complexity index is 1200. The van der Waals surface area contributed by atoms with E-state index in [1.807, 2.05) is 31.2 Å². The maximum atomic E-state index is 12.9. The van der Waals surface area contributed by atoms with Crippen molar-refractivity contribution in [3.63, 3.8) is 0 Å². The van der Waals surface area contributed by atoms with Gasteiger partial charge >= 0.3 is 5.69 Å². The van der Waals surface area contributed by atoms with E-state index in [4.69, 9.17) is 11.6 Å². The molecule has 0 spiro atoms. The molecule has 31 heavy (non-hydrogen) atoms. The molecule has 3 aromatic rings. The topological polar surface area (TPSA) is 61.3 Å². The van der Waals surface area contributed by atoms with Gasteiger partial charge in [0, 0.05) is 49.0 Å². The molecule has 2 atom stereocenters. The van der Waals surface area contributed by atoms with Crippen molar-refractivity contribution in [1.29, 1.82) is 0 Å². The van der Waals surface area contributed by atoms with E-state index in [-0.39, 0.29) is 11.2 Å². The monoisotopic (exact) mass is 438 g/mol. The molecule has 7 heteroatoms. The van der Waals surface area contributed by atoms with Gasteiger partial charge in [0.1, 0.15) is 0 Å². The minimum absolute atomic E-state index is 0.196. The normalized spacial score (nSPS) is 21.2. The molecule has 0 aliphatic carbocycles. The van der Waals surface area contributed by atoms with E-state index in [0.717, 1.165) is 36.6 Å². The Labute approximate surface area is 186 Å². The van der Waals surface area contributed by atoms with Crippen LogP contribution in [0, 0.1) is 6.92 Å². The predicted molar refractivity (Wildman–Crippen MR) is 125 cm³/mol. The van der Waals surface area contributed by atoms with Gasteiger partial charge in [-0.15, -0.1) is 0 Å². The number of piperazine rings is 1. The summed E-state index contributed by atoms with van der Waals surface area (Å²) in [6.45, 7) is 5.31. The molecule has 3 heterocycles. The van der Waals surface area contributed by atoms with Crippen molar-refractivity contribution >= 4 is 28.2 Å². The highest BCUT2D eigenvalue weighted by molar-refractivity contribution is 6.30. The summed E-state index contributed by atoms with van der Waals surface area (Å²) in [6.07, 6.45) is 3.18. The van der Waals surface area contributed by atoms with Gasteiger partial charge in [-0.2, -0.15) is 0 Å². The van der Waals surface area contributed by atoms with Gasteiger partial charge in [-0.3, -0.25) is 14.3 Å². The van der Waals surface area contributed by atoms with E-state index < -0.39 is 0 Å². The van der Waals surface area contributed by atoms with Crippen LogP contribution in [0.4, 0.5) is 5.69 Å². The number of aryl methyl sites for hydroxylation is 1. The van der Waals surface area contributed by atoms with Crippen LogP contribution in [0.15, 0.2) is 52.1 Å². The van der Waals surface area contributed by atoms with E-state index in [0.29, 0.717) is 29.5 Å². The van der Waals surface area contributed by atoms with Crippen molar-refractivity contribution in [2.24, 2.45) is 0 Å². The van der Waals surface area contributed by atoms with Gasteiger partial charge in [0.05, 0.1) is 10.9 Å². The summed E-state index contributed by atoms with van der Waals surface area (Å²) in [5, 5.41) is 1.34. The molecule has 2 aliphatic rings. The second kappa shape index (κ2) is 8.17. The average Bonchev–Trinajstić information content (AvgIpc) is 2.98. The quantitative estimate of drug-likeness (QED) is 0.663. The van der Waals surface area contributed by atoms with Crippen LogP contribution >= 0.6 is 11.6 Å². The number of rotatable bonds is 5. The molecule has 6 nitrogen and oxygen atoms in total. The number of hydrogen-bond acceptors (Lipinski definition) is 4. The zero-order chi connectivity index (χ0) is 21.5. The lowest BCUT2D eigenvalue weighted by atomic mass is 10.1.